The molecule has 0 aliphatic carbocycles. The molecule has 0 saturated carbocycles. The number of rotatable bonds is 5. The number of anilines is 4. The van der Waals surface area contributed by atoms with Gasteiger partial charge >= 0.3 is 0 Å². The van der Waals surface area contributed by atoms with Gasteiger partial charge in [-0.25, -0.2) is 0 Å². The first-order valence-corrected chi connectivity index (χ1v) is 8.83. The quantitative estimate of drug-likeness (QED) is 0.252. The summed E-state index contributed by atoms with van der Waals surface area (Å²) < 4.78 is 5.11. The number of hydrogen-bond acceptors (Lipinski definition) is 8. The first-order chi connectivity index (χ1) is 13.8. The van der Waals surface area contributed by atoms with Crippen molar-refractivity contribution >= 4 is 22.7 Å². The minimum absolute atomic E-state index is 0.0240. The van der Waals surface area contributed by atoms with Crippen molar-refractivity contribution in [3.05, 3.63) is 65.7 Å². The third-order valence-corrected chi connectivity index (χ3v) is 3.97. The zero-order valence-electron chi connectivity index (χ0n) is 15.9. The number of benzene rings is 3. The molecule has 3 rings (SSSR count). The van der Waals surface area contributed by atoms with Crippen LogP contribution in [0.1, 0.15) is 11.1 Å². The Labute approximate surface area is 169 Å². The minimum atomic E-state index is -0.0240. The summed E-state index contributed by atoms with van der Waals surface area (Å²) in [6.07, 6.45) is 0.383. The summed E-state index contributed by atoms with van der Waals surface area (Å²) in [5, 5.41) is 27.9. The predicted molar refractivity (Wildman–Crippen MR) is 116 cm³/mol. The Bertz CT molecular complexity index is 914. The van der Waals surface area contributed by atoms with E-state index < -0.39 is 0 Å². The molecule has 8 heteroatoms. The van der Waals surface area contributed by atoms with E-state index in [-0.39, 0.29) is 24.7 Å². The van der Waals surface area contributed by atoms with Crippen molar-refractivity contribution in [1.82, 2.24) is 0 Å². The maximum Gasteiger partial charge on any atom is 0.142 e. The Kier molecular flexibility index (Phi) is 7.39. The monoisotopic (exact) mass is 398 g/mol. The molecule has 0 saturated heterocycles. The summed E-state index contributed by atoms with van der Waals surface area (Å²) in [7, 11) is 0. The highest BCUT2D eigenvalue weighted by atomic mass is 16.5. The Morgan fingerprint density at radius 3 is 1.66 bits per heavy atom. The van der Waals surface area contributed by atoms with Gasteiger partial charge in [0.25, 0.3) is 0 Å². The second-order valence-electron chi connectivity index (χ2n) is 6.32. The molecule has 3 aromatic carbocycles. The van der Waals surface area contributed by atoms with Crippen LogP contribution in [0.2, 0.25) is 0 Å². The first kappa shape index (κ1) is 21.5. The van der Waals surface area contributed by atoms with Crippen molar-refractivity contribution in [3.8, 4) is 17.2 Å². The van der Waals surface area contributed by atoms with Crippen LogP contribution >= 0.6 is 0 Å². The number of aliphatic hydroxyl groups excluding tert-OH is 1. The predicted octanol–water partition coefficient (Wildman–Crippen LogP) is 2.08. The summed E-state index contributed by atoms with van der Waals surface area (Å²) in [6, 6.07) is 14.7. The van der Waals surface area contributed by atoms with Crippen molar-refractivity contribution in [2.24, 2.45) is 0 Å². The van der Waals surface area contributed by atoms with E-state index in [0.29, 0.717) is 46.0 Å². The molecule has 29 heavy (non-hydrogen) atoms. The summed E-state index contributed by atoms with van der Waals surface area (Å²) >= 11 is 0. The van der Waals surface area contributed by atoms with Crippen molar-refractivity contribution in [2.45, 2.75) is 6.42 Å². The first-order valence-electron chi connectivity index (χ1n) is 8.83. The molecule has 0 aliphatic rings. The van der Waals surface area contributed by atoms with E-state index in [0.717, 1.165) is 0 Å². The van der Waals surface area contributed by atoms with Gasteiger partial charge in [0.15, 0.2) is 0 Å². The van der Waals surface area contributed by atoms with Gasteiger partial charge in [0.2, 0.25) is 0 Å². The highest BCUT2D eigenvalue weighted by Crippen LogP contribution is 2.28. The molecule has 0 aliphatic heterocycles. The van der Waals surface area contributed by atoms with Crippen LogP contribution in [0.25, 0.3) is 0 Å². The SMILES string of the molecule is Nc1ccc(O)c(Cc2cc(N)ccc2O)c1.Nc1ccc(OCCO)c(N)c1. The van der Waals surface area contributed by atoms with Gasteiger partial charge < -0.3 is 43.0 Å². The molecule has 0 spiro atoms. The third-order valence-electron chi connectivity index (χ3n) is 3.97. The van der Waals surface area contributed by atoms with Crippen LogP contribution in [0.15, 0.2) is 54.6 Å². The highest BCUT2D eigenvalue weighted by Gasteiger charge is 2.07. The van der Waals surface area contributed by atoms with Gasteiger partial charge in [-0.15, -0.1) is 0 Å². The lowest BCUT2D eigenvalue weighted by Crippen LogP contribution is -2.04. The van der Waals surface area contributed by atoms with Gasteiger partial charge in [0, 0.05) is 34.6 Å². The molecule has 0 fully saturated rings. The van der Waals surface area contributed by atoms with Crippen LogP contribution in [-0.2, 0) is 6.42 Å². The number of hydrogen-bond donors (Lipinski definition) is 7. The molecule has 0 bridgehead atoms. The van der Waals surface area contributed by atoms with E-state index in [1.54, 1.807) is 42.5 Å². The van der Waals surface area contributed by atoms with Crippen molar-refractivity contribution in [2.75, 3.05) is 36.1 Å². The molecule has 0 heterocycles. The zero-order valence-corrected chi connectivity index (χ0v) is 15.9. The molecular weight excluding hydrogens is 372 g/mol. The van der Waals surface area contributed by atoms with E-state index >= 15 is 0 Å². The number of aliphatic hydroxyl groups is 1. The smallest absolute Gasteiger partial charge is 0.142 e. The molecule has 3 aromatic rings. The molecule has 0 atom stereocenters. The molecule has 154 valence electrons. The van der Waals surface area contributed by atoms with Gasteiger partial charge in [-0.2, -0.15) is 0 Å². The lowest BCUT2D eigenvalue weighted by atomic mass is 10.0. The lowest BCUT2D eigenvalue weighted by molar-refractivity contribution is 0.202. The molecule has 0 radical (unpaired) electrons. The topological polar surface area (TPSA) is 174 Å². The van der Waals surface area contributed by atoms with Gasteiger partial charge in [-0.1, -0.05) is 0 Å². The maximum atomic E-state index is 9.69. The highest BCUT2D eigenvalue weighted by molar-refractivity contribution is 5.60. The Morgan fingerprint density at radius 1 is 0.690 bits per heavy atom. The molecule has 0 unspecified atom stereocenters. The van der Waals surface area contributed by atoms with E-state index in [1.165, 1.54) is 12.1 Å². The fraction of sp³-hybridized carbons (Fsp3) is 0.143. The Morgan fingerprint density at radius 2 is 1.17 bits per heavy atom. The third kappa shape index (κ3) is 6.40. The van der Waals surface area contributed by atoms with E-state index in [4.69, 9.17) is 32.8 Å². The van der Waals surface area contributed by atoms with Crippen molar-refractivity contribution in [1.29, 1.82) is 0 Å². The van der Waals surface area contributed by atoms with E-state index in [9.17, 15) is 10.2 Å². The molecule has 8 nitrogen and oxygen atoms in total. The van der Waals surface area contributed by atoms with Gasteiger partial charge in [-0.3, -0.25) is 0 Å². The van der Waals surface area contributed by atoms with Crippen LogP contribution in [-0.4, -0.2) is 28.5 Å². The maximum absolute atomic E-state index is 9.69. The summed E-state index contributed by atoms with van der Waals surface area (Å²) in [5.41, 5.74) is 25.9. The van der Waals surface area contributed by atoms with Crippen molar-refractivity contribution in [3.63, 3.8) is 0 Å². The molecular formula is C21H26N4O4. The standard InChI is InChI=1S/C13H14N2O2.C8H12N2O2/c14-10-1-3-12(16)8(6-10)5-9-7-11(15)2-4-13(9)17;9-6-1-2-8(7(10)5-6)12-4-3-11/h1-4,6-7,16-17H,5,14-15H2;1-2,5,11H,3-4,9-10H2. The normalized spacial score (nSPS) is 10.1. The van der Waals surface area contributed by atoms with Crippen LogP contribution in [0.5, 0.6) is 17.2 Å². The fourth-order valence-corrected chi connectivity index (χ4v) is 2.55. The largest absolute Gasteiger partial charge is 0.508 e. The summed E-state index contributed by atoms with van der Waals surface area (Å²) in [6.45, 7) is 0.220. The van der Waals surface area contributed by atoms with Crippen molar-refractivity contribution < 1.29 is 20.1 Å². The second kappa shape index (κ2) is 9.95. The van der Waals surface area contributed by atoms with Crippen LogP contribution in [0, 0.1) is 0 Å². The summed E-state index contributed by atoms with van der Waals surface area (Å²) in [4.78, 5) is 0. The molecule has 0 amide bonds. The van der Waals surface area contributed by atoms with Gasteiger partial charge in [-0.05, 0) is 54.6 Å². The average Bonchev–Trinajstić information content (AvgIpc) is 2.67. The minimum Gasteiger partial charge on any atom is -0.508 e. The number of nitrogens with two attached hydrogens (primary N) is 4. The number of aromatic hydroxyl groups is 2. The van der Waals surface area contributed by atoms with Crippen LogP contribution in [0.3, 0.4) is 0 Å². The van der Waals surface area contributed by atoms with E-state index in [2.05, 4.69) is 0 Å². The lowest BCUT2D eigenvalue weighted by Gasteiger charge is -2.08. The Hall–Kier alpha value is -3.78. The van der Waals surface area contributed by atoms with Crippen LogP contribution < -0.4 is 27.7 Å². The van der Waals surface area contributed by atoms with E-state index in [1.807, 2.05) is 0 Å². The van der Waals surface area contributed by atoms with Gasteiger partial charge in [0.05, 0.1) is 12.3 Å². The zero-order chi connectivity index (χ0) is 21.4. The number of phenols is 2. The van der Waals surface area contributed by atoms with Gasteiger partial charge in [0.1, 0.15) is 23.9 Å². The second-order valence-corrected chi connectivity index (χ2v) is 6.32. The van der Waals surface area contributed by atoms with Crippen LogP contribution in [0.4, 0.5) is 22.7 Å². The average molecular weight is 398 g/mol. The molecule has 11 N–H and O–H groups in total. The molecule has 0 aromatic heterocycles. The number of nitrogen functional groups attached to an aromatic ring is 4. The number of ether oxygens (including phenoxy) is 1. The Balaban J connectivity index is 0.000000221. The number of phenolic OH excluding ortho intramolecular Hbond substituents is 2. The fourth-order valence-electron chi connectivity index (χ4n) is 2.55. The summed E-state index contributed by atoms with van der Waals surface area (Å²) in [5.74, 6) is 0.861.